The lowest BCUT2D eigenvalue weighted by molar-refractivity contribution is -0.137. The third-order valence-electron chi connectivity index (χ3n) is 5.27. The molecule has 0 amide bonds. The number of hydrogen-bond donors (Lipinski definition) is 2. The molecular formula is C23H34N2O4S. The minimum Gasteiger partial charge on any atom is -0.480 e. The van der Waals surface area contributed by atoms with Crippen LogP contribution >= 0.6 is 0 Å². The van der Waals surface area contributed by atoms with Gasteiger partial charge in [-0.25, -0.2) is 13.1 Å². The Morgan fingerprint density at radius 1 is 1.13 bits per heavy atom. The molecule has 3 rings (SSSR count). The lowest BCUT2D eigenvalue weighted by Gasteiger charge is -2.15. The number of carbonyl (C=O) groups is 1. The van der Waals surface area contributed by atoms with Crippen LogP contribution < -0.4 is 4.72 Å². The van der Waals surface area contributed by atoms with Crippen LogP contribution in [0.2, 0.25) is 0 Å². The highest BCUT2D eigenvalue weighted by Gasteiger charge is 2.24. The monoisotopic (exact) mass is 434 g/mol. The van der Waals surface area contributed by atoms with Gasteiger partial charge in [0.1, 0.15) is 6.54 Å². The first-order chi connectivity index (χ1) is 14.2. The first-order valence-corrected chi connectivity index (χ1v) is 12.2. The molecule has 166 valence electrons. The molecule has 1 aliphatic rings. The Labute approximate surface area is 180 Å². The van der Waals surface area contributed by atoms with Gasteiger partial charge in [0.25, 0.3) is 0 Å². The van der Waals surface area contributed by atoms with Crippen molar-refractivity contribution in [3.05, 3.63) is 52.3 Å². The van der Waals surface area contributed by atoms with E-state index >= 15 is 0 Å². The van der Waals surface area contributed by atoms with Gasteiger partial charge >= 0.3 is 5.97 Å². The average Bonchev–Trinajstić information content (AvgIpc) is 2.95. The molecule has 0 saturated carbocycles. The van der Waals surface area contributed by atoms with Crippen molar-refractivity contribution in [2.24, 2.45) is 0 Å². The molecule has 2 N–H and O–H groups in total. The SMILES string of the molecule is CC.Cc1c(Cc2ccc(S(=O)(=O)NC(C)C)cc2)c2c(n1CC(=O)O)CCCC2. The molecule has 0 atom stereocenters. The number of fused-ring (bicyclic) bond motifs is 1. The van der Waals surface area contributed by atoms with E-state index in [0.29, 0.717) is 6.42 Å². The Kier molecular flexibility index (Phi) is 8.26. The maximum Gasteiger partial charge on any atom is 0.323 e. The molecule has 0 spiro atoms. The zero-order chi connectivity index (χ0) is 22.5. The fourth-order valence-electron chi connectivity index (χ4n) is 4.05. The second-order valence-electron chi connectivity index (χ2n) is 7.77. The van der Waals surface area contributed by atoms with E-state index in [1.54, 1.807) is 26.0 Å². The van der Waals surface area contributed by atoms with Crippen molar-refractivity contribution >= 4 is 16.0 Å². The second kappa shape index (κ2) is 10.3. The minimum absolute atomic E-state index is 0.00772. The van der Waals surface area contributed by atoms with Crippen molar-refractivity contribution < 1.29 is 18.3 Å². The third kappa shape index (κ3) is 5.52. The summed E-state index contributed by atoms with van der Waals surface area (Å²) in [6.45, 7) is 9.56. The average molecular weight is 435 g/mol. The van der Waals surface area contributed by atoms with E-state index in [9.17, 15) is 18.3 Å². The van der Waals surface area contributed by atoms with Gasteiger partial charge in [-0.1, -0.05) is 26.0 Å². The van der Waals surface area contributed by atoms with Crippen molar-refractivity contribution in [3.8, 4) is 0 Å². The quantitative estimate of drug-likeness (QED) is 0.688. The van der Waals surface area contributed by atoms with Crippen LogP contribution in [0.5, 0.6) is 0 Å². The Hall–Kier alpha value is -2.12. The number of nitrogens with one attached hydrogen (secondary N) is 1. The highest BCUT2D eigenvalue weighted by molar-refractivity contribution is 7.89. The van der Waals surface area contributed by atoms with Crippen LogP contribution in [0.15, 0.2) is 29.2 Å². The minimum atomic E-state index is -3.50. The smallest absolute Gasteiger partial charge is 0.323 e. The first kappa shape index (κ1) is 24.2. The van der Waals surface area contributed by atoms with Gasteiger partial charge in [-0.2, -0.15) is 0 Å². The summed E-state index contributed by atoms with van der Waals surface area (Å²) in [5, 5.41) is 9.28. The molecule has 0 fully saturated rings. The Morgan fingerprint density at radius 3 is 2.30 bits per heavy atom. The number of rotatable bonds is 7. The number of sulfonamides is 1. The molecule has 0 unspecified atom stereocenters. The van der Waals surface area contributed by atoms with Crippen LogP contribution in [0.1, 0.15) is 68.6 Å². The van der Waals surface area contributed by atoms with Gasteiger partial charge in [0, 0.05) is 17.4 Å². The van der Waals surface area contributed by atoms with Crippen molar-refractivity contribution in [3.63, 3.8) is 0 Å². The molecular weight excluding hydrogens is 400 g/mol. The van der Waals surface area contributed by atoms with Crippen molar-refractivity contribution in [1.82, 2.24) is 9.29 Å². The summed E-state index contributed by atoms with van der Waals surface area (Å²) in [4.78, 5) is 11.6. The van der Waals surface area contributed by atoms with E-state index in [1.165, 1.54) is 11.1 Å². The Bertz CT molecular complexity index is 974. The molecule has 1 aromatic heterocycles. The molecule has 6 nitrogen and oxygen atoms in total. The molecule has 0 bridgehead atoms. The number of benzene rings is 1. The van der Waals surface area contributed by atoms with Gasteiger partial charge in [0.05, 0.1) is 4.90 Å². The highest BCUT2D eigenvalue weighted by Crippen LogP contribution is 2.31. The molecule has 0 aliphatic heterocycles. The van der Waals surface area contributed by atoms with E-state index in [0.717, 1.165) is 42.6 Å². The standard InChI is InChI=1S/C21H28N2O4S.C2H6/c1-14(2)22-28(26,27)17-10-8-16(9-11-17)12-19-15(3)23(13-21(24)25)20-7-5-4-6-18(19)20;1-2/h8-11,14,22H,4-7,12-13H2,1-3H3,(H,24,25);1-2H3. The van der Waals surface area contributed by atoms with E-state index in [1.807, 2.05) is 37.5 Å². The summed E-state index contributed by atoms with van der Waals surface area (Å²) >= 11 is 0. The number of carboxylic acid groups (broad SMARTS) is 1. The van der Waals surface area contributed by atoms with Crippen molar-refractivity contribution in [2.45, 2.75) is 84.2 Å². The first-order valence-electron chi connectivity index (χ1n) is 10.7. The summed E-state index contributed by atoms with van der Waals surface area (Å²) in [5.74, 6) is -0.828. The van der Waals surface area contributed by atoms with E-state index in [-0.39, 0.29) is 17.5 Å². The maximum absolute atomic E-state index is 12.3. The third-order valence-corrected chi connectivity index (χ3v) is 6.94. The predicted molar refractivity (Wildman–Crippen MR) is 120 cm³/mol. The Balaban J connectivity index is 0.00000155. The van der Waals surface area contributed by atoms with Crippen LogP contribution in [-0.4, -0.2) is 30.1 Å². The second-order valence-corrected chi connectivity index (χ2v) is 9.49. The summed E-state index contributed by atoms with van der Waals surface area (Å²) in [6, 6.07) is 6.80. The fraction of sp³-hybridized carbons (Fsp3) is 0.522. The number of hydrogen-bond acceptors (Lipinski definition) is 3. The molecule has 0 saturated heterocycles. The lowest BCUT2D eigenvalue weighted by Crippen LogP contribution is -2.30. The van der Waals surface area contributed by atoms with E-state index in [4.69, 9.17) is 0 Å². The zero-order valence-corrected chi connectivity index (χ0v) is 19.5. The van der Waals surface area contributed by atoms with Gasteiger partial charge in [-0.05, 0) is 81.7 Å². The lowest BCUT2D eigenvalue weighted by atomic mass is 9.92. The molecule has 1 aromatic carbocycles. The van der Waals surface area contributed by atoms with Crippen LogP contribution in [0.4, 0.5) is 0 Å². The molecule has 0 radical (unpaired) electrons. The summed E-state index contributed by atoms with van der Waals surface area (Å²) in [6.07, 6.45) is 4.78. The predicted octanol–water partition coefficient (Wildman–Crippen LogP) is 4.06. The van der Waals surface area contributed by atoms with Gasteiger partial charge in [-0.3, -0.25) is 4.79 Å². The summed E-state index contributed by atoms with van der Waals surface area (Å²) in [5.41, 5.74) is 5.65. The van der Waals surface area contributed by atoms with Gasteiger partial charge < -0.3 is 9.67 Å². The summed E-state index contributed by atoms with van der Waals surface area (Å²) < 4.78 is 29.1. The summed E-state index contributed by atoms with van der Waals surface area (Å²) in [7, 11) is -3.50. The van der Waals surface area contributed by atoms with Gasteiger partial charge in [0.15, 0.2) is 0 Å². The van der Waals surface area contributed by atoms with Crippen LogP contribution in [0, 0.1) is 6.92 Å². The van der Waals surface area contributed by atoms with Gasteiger partial charge in [-0.15, -0.1) is 0 Å². The number of nitrogens with zero attached hydrogens (tertiary/aromatic N) is 1. The normalized spacial score (nSPS) is 13.5. The van der Waals surface area contributed by atoms with Crippen LogP contribution in [0.25, 0.3) is 0 Å². The van der Waals surface area contributed by atoms with Crippen LogP contribution in [-0.2, 0) is 40.6 Å². The van der Waals surface area contributed by atoms with Crippen LogP contribution in [0.3, 0.4) is 0 Å². The fourth-order valence-corrected chi connectivity index (χ4v) is 5.30. The van der Waals surface area contributed by atoms with Crippen molar-refractivity contribution in [2.75, 3.05) is 0 Å². The number of aliphatic carboxylic acids is 1. The number of carboxylic acids is 1. The topological polar surface area (TPSA) is 88.4 Å². The maximum atomic E-state index is 12.3. The molecule has 1 heterocycles. The van der Waals surface area contributed by atoms with Gasteiger partial charge in [0.2, 0.25) is 10.0 Å². The highest BCUT2D eigenvalue weighted by atomic mass is 32.2. The molecule has 30 heavy (non-hydrogen) atoms. The molecule has 7 heteroatoms. The zero-order valence-electron chi connectivity index (χ0n) is 18.7. The molecule has 1 aliphatic carbocycles. The van der Waals surface area contributed by atoms with Crippen molar-refractivity contribution in [1.29, 1.82) is 0 Å². The van der Waals surface area contributed by atoms with E-state index < -0.39 is 16.0 Å². The largest absolute Gasteiger partial charge is 0.480 e. The Morgan fingerprint density at radius 2 is 1.73 bits per heavy atom. The number of aromatic nitrogens is 1. The molecule has 2 aromatic rings. The van der Waals surface area contributed by atoms with E-state index in [2.05, 4.69) is 4.72 Å².